The standard InChI is InChI=1S/C42H47F3N10O4/c1-25-19-53(34-18-31(46-24-47-34)37-28-17-26(59-40(2)9-10-40)3-5-30(28)49-50-37)16-15-52(25)14-13-51-12-11-41(42(44,45)23-51)21-54(22-41)32-6-4-27-29(36(32)43)20-55(39(27)58)33-7-8-35(56)48-38(33)57/h3-6,17-18,24-25,33H,7-16,19-23H2,1-2H3,(H,49,50)(H,48,56,57)/t25-,33?/m0/s1. The molecule has 4 saturated heterocycles. The van der Waals surface area contributed by atoms with Gasteiger partial charge in [0, 0.05) is 80.9 Å². The molecule has 3 amide bonds. The van der Waals surface area contributed by atoms with Crippen LogP contribution in [0.4, 0.5) is 24.7 Å². The number of hydrogen-bond acceptors (Lipinski definition) is 11. The first kappa shape index (κ1) is 37.9. The number of hydrogen-bond donors (Lipinski definition) is 2. The van der Waals surface area contributed by atoms with E-state index in [1.54, 1.807) is 11.2 Å². The number of halogens is 3. The summed E-state index contributed by atoms with van der Waals surface area (Å²) in [7, 11) is 0. The van der Waals surface area contributed by atoms with Gasteiger partial charge in [-0.05, 0) is 76.4 Å². The molecule has 10 rings (SSSR count). The average molecular weight is 813 g/mol. The lowest BCUT2D eigenvalue weighted by Crippen LogP contribution is -2.70. The van der Waals surface area contributed by atoms with Gasteiger partial charge in [0.05, 0.1) is 35.4 Å². The number of alkyl halides is 2. The average Bonchev–Trinajstić information content (AvgIpc) is 3.60. The Hall–Kier alpha value is -5.29. The Balaban J connectivity index is 0.729. The van der Waals surface area contributed by atoms with Gasteiger partial charge in [0.25, 0.3) is 11.8 Å². The fourth-order valence-electron chi connectivity index (χ4n) is 9.62. The van der Waals surface area contributed by atoms with E-state index >= 15 is 13.2 Å². The molecule has 1 spiro atoms. The highest BCUT2D eigenvalue weighted by molar-refractivity contribution is 6.05. The molecule has 0 bridgehead atoms. The molecule has 310 valence electrons. The Morgan fingerprint density at radius 3 is 2.54 bits per heavy atom. The van der Waals surface area contributed by atoms with Crippen LogP contribution in [0.2, 0.25) is 0 Å². The van der Waals surface area contributed by atoms with Crippen LogP contribution in [0, 0.1) is 11.2 Å². The number of imide groups is 1. The molecule has 7 heterocycles. The zero-order chi connectivity index (χ0) is 40.8. The fraction of sp³-hybridized carbons (Fsp3) is 0.524. The SMILES string of the molecule is C[C@H]1CN(c2cc(-c3n[nH]c4ccc(OC5(C)CC5)cc34)ncn2)CCN1CCN1CCC2(CN(c3ccc4c(c3F)CN(C3CCC(=O)NC3=O)C4=O)C2)C(F)(F)C1. The number of carbonyl (C=O) groups is 3. The van der Waals surface area contributed by atoms with Gasteiger partial charge in [-0.3, -0.25) is 34.6 Å². The monoisotopic (exact) mass is 812 g/mol. The third-order valence-corrected chi connectivity index (χ3v) is 13.6. The highest BCUT2D eigenvalue weighted by Gasteiger charge is 2.63. The number of likely N-dealkylation sites (tertiary alicyclic amines) is 1. The largest absolute Gasteiger partial charge is 0.488 e. The maximum atomic E-state index is 16.0. The second kappa shape index (κ2) is 13.9. The third-order valence-electron chi connectivity index (χ3n) is 13.6. The molecule has 5 fully saturated rings. The number of piperazine rings is 1. The van der Waals surface area contributed by atoms with Crippen molar-refractivity contribution in [2.24, 2.45) is 5.41 Å². The summed E-state index contributed by atoms with van der Waals surface area (Å²) in [4.78, 5) is 55.7. The van der Waals surface area contributed by atoms with Crippen molar-refractivity contribution in [2.45, 2.75) is 76.1 Å². The second-order valence-electron chi connectivity index (χ2n) is 17.6. The summed E-state index contributed by atoms with van der Waals surface area (Å²) in [6.45, 7) is 7.77. The van der Waals surface area contributed by atoms with E-state index in [1.807, 2.05) is 29.2 Å². The van der Waals surface area contributed by atoms with E-state index in [0.717, 1.165) is 66.3 Å². The van der Waals surface area contributed by atoms with E-state index in [0.29, 0.717) is 26.1 Å². The van der Waals surface area contributed by atoms with Gasteiger partial charge in [-0.1, -0.05) is 0 Å². The molecule has 2 aromatic carbocycles. The van der Waals surface area contributed by atoms with Crippen LogP contribution >= 0.6 is 0 Å². The van der Waals surface area contributed by atoms with Crippen molar-refractivity contribution in [1.29, 1.82) is 0 Å². The van der Waals surface area contributed by atoms with Crippen LogP contribution in [0.3, 0.4) is 0 Å². The number of aromatic amines is 1. The lowest BCUT2D eigenvalue weighted by atomic mass is 9.69. The maximum absolute atomic E-state index is 16.0. The van der Waals surface area contributed by atoms with Crippen molar-refractivity contribution < 1.29 is 32.3 Å². The first-order valence-corrected chi connectivity index (χ1v) is 20.6. The minimum atomic E-state index is -2.97. The van der Waals surface area contributed by atoms with E-state index in [2.05, 4.69) is 49.1 Å². The number of aromatic nitrogens is 4. The predicted molar refractivity (Wildman–Crippen MR) is 212 cm³/mol. The van der Waals surface area contributed by atoms with Gasteiger partial charge in [-0.15, -0.1) is 0 Å². The quantitative estimate of drug-likeness (QED) is 0.235. The minimum absolute atomic E-state index is 0.0173. The van der Waals surface area contributed by atoms with Crippen LogP contribution in [-0.4, -0.2) is 135 Å². The normalized spacial score (nSPS) is 25.0. The molecule has 5 aliphatic heterocycles. The molecule has 1 aliphatic carbocycles. The lowest BCUT2D eigenvalue weighted by molar-refractivity contribution is -0.180. The topological polar surface area (TPSA) is 143 Å². The lowest BCUT2D eigenvalue weighted by Gasteiger charge is -2.58. The van der Waals surface area contributed by atoms with Crippen molar-refractivity contribution in [3.05, 3.63) is 59.7 Å². The molecule has 14 nitrogen and oxygen atoms in total. The smallest absolute Gasteiger partial charge is 0.269 e. The number of anilines is 2. The zero-order valence-corrected chi connectivity index (χ0v) is 33.1. The van der Waals surface area contributed by atoms with Crippen LogP contribution < -0.4 is 19.9 Å². The van der Waals surface area contributed by atoms with Crippen molar-refractivity contribution >= 4 is 40.1 Å². The van der Waals surface area contributed by atoms with Gasteiger partial charge >= 0.3 is 0 Å². The van der Waals surface area contributed by atoms with E-state index in [-0.39, 0.29) is 67.5 Å². The van der Waals surface area contributed by atoms with E-state index < -0.39 is 40.9 Å². The number of fused-ring (bicyclic) bond motifs is 2. The highest BCUT2D eigenvalue weighted by Crippen LogP contribution is 2.52. The summed E-state index contributed by atoms with van der Waals surface area (Å²) in [6.07, 6.45) is 4.23. The summed E-state index contributed by atoms with van der Waals surface area (Å²) in [5.74, 6) is -3.41. The highest BCUT2D eigenvalue weighted by atomic mass is 19.3. The van der Waals surface area contributed by atoms with Gasteiger partial charge < -0.3 is 19.4 Å². The summed E-state index contributed by atoms with van der Waals surface area (Å²) in [5.41, 5.74) is 1.52. The molecule has 2 atom stereocenters. The molecule has 2 N–H and O–H groups in total. The molecular weight excluding hydrogens is 766 g/mol. The van der Waals surface area contributed by atoms with Crippen molar-refractivity contribution in [2.75, 3.05) is 68.7 Å². The molecule has 0 radical (unpaired) electrons. The van der Waals surface area contributed by atoms with Crippen LogP contribution in [0.15, 0.2) is 42.7 Å². The number of benzene rings is 2. The van der Waals surface area contributed by atoms with Gasteiger partial charge in [0.1, 0.15) is 35.2 Å². The van der Waals surface area contributed by atoms with Crippen LogP contribution in [-0.2, 0) is 16.1 Å². The number of H-pyrrole nitrogens is 1. The molecule has 1 saturated carbocycles. The van der Waals surface area contributed by atoms with Crippen molar-refractivity contribution in [1.82, 2.24) is 40.2 Å². The number of piperidine rings is 2. The van der Waals surface area contributed by atoms with E-state index in [1.165, 1.54) is 17.0 Å². The fourth-order valence-corrected chi connectivity index (χ4v) is 9.62. The van der Waals surface area contributed by atoms with Crippen LogP contribution in [0.1, 0.15) is 61.9 Å². The number of amides is 3. The zero-order valence-electron chi connectivity index (χ0n) is 33.1. The summed E-state index contributed by atoms with van der Waals surface area (Å²) in [5, 5.41) is 10.9. The summed E-state index contributed by atoms with van der Waals surface area (Å²) >= 11 is 0. The first-order valence-electron chi connectivity index (χ1n) is 20.6. The Labute approximate surface area is 339 Å². The number of nitrogens with zero attached hydrogens (tertiary/aromatic N) is 8. The van der Waals surface area contributed by atoms with Crippen LogP contribution in [0.25, 0.3) is 22.3 Å². The van der Waals surface area contributed by atoms with Crippen LogP contribution in [0.5, 0.6) is 5.75 Å². The molecule has 6 aliphatic rings. The molecule has 59 heavy (non-hydrogen) atoms. The summed E-state index contributed by atoms with van der Waals surface area (Å²) < 4.78 is 54.2. The van der Waals surface area contributed by atoms with Gasteiger partial charge in [0.15, 0.2) is 5.82 Å². The predicted octanol–water partition coefficient (Wildman–Crippen LogP) is 4.21. The molecule has 17 heteroatoms. The Bertz CT molecular complexity index is 2360. The minimum Gasteiger partial charge on any atom is -0.488 e. The number of ether oxygens (including phenoxy) is 1. The first-order chi connectivity index (χ1) is 28.3. The van der Waals surface area contributed by atoms with E-state index in [9.17, 15) is 14.4 Å². The van der Waals surface area contributed by atoms with Crippen molar-refractivity contribution in [3.8, 4) is 17.1 Å². The second-order valence-corrected chi connectivity index (χ2v) is 17.6. The van der Waals surface area contributed by atoms with E-state index in [4.69, 9.17) is 4.74 Å². The molecular formula is C42H47F3N10O4. The van der Waals surface area contributed by atoms with Crippen molar-refractivity contribution in [3.63, 3.8) is 0 Å². The molecule has 1 unspecified atom stereocenters. The number of carbonyl (C=O) groups excluding carboxylic acids is 3. The third kappa shape index (κ3) is 6.66. The Kier molecular flexibility index (Phi) is 8.94. The van der Waals surface area contributed by atoms with Gasteiger partial charge in [0.2, 0.25) is 11.8 Å². The maximum Gasteiger partial charge on any atom is 0.269 e. The van der Waals surface area contributed by atoms with Gasteiger partial charge in [-0.2, -0.15) is 5.10 Å². The Morgan fingerprint density at radius 1 is 0.949 bits per heavy atom. The number of nitrogens with one attached hydrogen (secondary N) is 2. The van der Waals surface area contributed by atoms with Gasteiger partial charge in [-0.25, -0.2) is 23.1 Å². The summed E-state index contributed by atoms with van der Waals surface area (Å²) in [6, 6.07) is 10.2. The Morgan fingerprint density at radius 2 is 1.78 bits per heavy atom. The molecule has 4 aromatic rings. The molecule has 2 aromatic heterocycles. The number of rotatable bonds is 9.